The van der Waals surface area contributed by atoms with E-state index in [-0.39, 0.29) is 63.3 Å². The van der Waals surface area contributed by atoms with Crippen molar-refractivity contribution in [2.75, 3.05) is 25.4 Å². The van der Waals surface area contributed by atoms with Crippen molar-refractivity contribution < 1.29 is 43.8 Å². The summed E-state index contributed by atoms with van der Waals surface area (Å²) in [4.78, 5) is 109. The monoisotopic (exact) mass is 957 g/mol. The summed E-state index contributed by atoms with van der Waals surface area (Å²) in [5.74, 6) is -6.52. The number of nitrogens with two attached hydrogens (primary N) is 5. The van der Waals surface area contributed by atoms with Gasteiger partial charge in [0.25, 0.3) is 0 Å². The summed E-state index contributed by atoms with van der Waals surface area (Å²) in [5, 5.41) is 36.1. The van der Waals surface area contributed by atoms with Crippen LogP contribution < -0.4 is 60.6 Å². The molecule has 3 rings (SSSR count). The van der Waals surface area contributed by atoms with E-state index < -0.39 is 89.8 Å². The van der Waals surface area contributed by atoms with Gasteiger partial charge in [-0.2, -0.15) is 12.6 Å². The molecule has 0 saturated heterocycles. The molecule has 0 saturated carbocycles. The number of nitrogens with one attached hydrogen (secondary N) is 8. The first-order valence-electron chi connectivity index (χ1n) is 22.1. The lowest BCUT2D eigenvalue weighted by molar-refractivity contribution is -0.142. The number of rotatable bonds is 31. The number of aliphatic carboxylic acids is 1. The first-order chi connectivity index (χ1) is 32.0. The van der Waals surface area contributed by atoms with Crippen LogP contribution in [0.3, 0.4) is 0 Å². The number of hydrogen-bond acceptors (Lipinski definition) is 14. The van der Waals surface area contributed by atoms with Gasteiger partial charge in [0.2, 0.25) is 35.4 Å². The molecule has 1 aromatic carbocycles. The second-order valence-corrected chi connectivity index (χ2v) is 16.4. The third-order valence-corrected chi connectivity index (χ3v) is 11.1. The quantitative estimate of drug-likeness (QED) is 0.0130. The molecule has 0 unspecified atom stereocenters. The molecule has 6 amide bonds. The highest BCUT2D eigenvalue weighted by atomic mass is 32.1. The lowest BCUT2D eigenvalue weighted by Crippen LogP contribution is -2.60. The number of carboxylic acid groups (broad SMARTS) is 1. The van der Waals surface area contributed by atoms with Gasteiger partial charge in [-0.05, 0) is 83.0 Å². The summed E-state index contributed by atoms with van der Waals surface area (Å²) < 4.78 is 0. The van der Waals surface area contributed by atoms with Gasteiger partial charge in [0.15, 0.2) is 5.96 Å². The minimum Gasteiger partial charge on any atom is -0.480 e. The molecule has 24 nitrogen and oxygen atoms in total. The van der Waals surface area contributed by atoms with Gasteiger partial charge in [-0.3, -0.25) is 33.8 Å². The molecule has 3 aromatic rings. The Morgan fingerprint density at radius 2 is 1.21 bits per heavy atom. The molecule has 0 radical (unpaired) electrons. The topological polar surface area (TPSA) is 419 Å². The molecular weight excluding hydrogens is 891 g/mol. The maximum absolute atomic E-state index is 14.4. The number of aliphatic hydroxyl groups is 1. The number of carbonyl (C=O) groups excluding carboxylic acids is 6. The summed E-state index contributed by atoms with van der Waals surface area (Å²) in [6.07, 6.45) is 5.08. The van der Waals surface area contributed by atoms with Crippen molar-refractivity contribution in [3.05, 3.63) is 54.2 Å². The molecule has 25 heteroatoms. The van der Waals surface area contributed by atoms with Crippen molar-refractivity contribution >= 4 is 70.9 Å². The van der Waals surface area contributed by atoms with Gasteiger partial charge in [-0.25, -0.2) is 9.78 Å². The molecule has 67 heavy (non-hydrogen) atoms. The average molecular weight is 958 g/mol. The zero-order valence-electron chi connectivity index (χ0n) is 37.5. The summed E-state index contributed by atoms with van der Waals surface area (Å²) in [7, 11) is 0. The first kappa shape index (κ1) is 55.1. The van der Waals surface area contributed by atoms with Gasteiger partial charge in [0, 0.05) is 54.1 Å². The van der Waals surface area contributed by atoms with Crippen LogP contribution in [0.15, 0.2) is 48.0 Å². The average Bonchev–Trinajstić information content (AvgIpc) is 3.97. The second-order valence-electron chi connectivity index (χ2n) is 16.0. The van der Waals surface area contributed by atoms with E-state index in [1.807, 2.05) is 18.2 Å². The number of para-hydroxylation sites is 1. The molecule has 0 fully saturated rings. The number of aliphatic hydroxyl groups excluding tert-OH is 1. The summed E-state index contributed by atoms with van der Waals surface area (Å²) in [6, 6.07) is -1.97. The number of carboxylic acids is 1. The molecule has 2 heterocycles. The number of hydrogen-bond donors (Lipinski definition) is 16. The normalized spacial score (nSPS) is 14.8. The molecule has 0 aliphatic rings. The first-order valence-corrected chi connectivity index (χ1v) is 22.7. The van der Waals surface area contributed by atoms with Crippen LogP contribution in [0, 0.1) is 0 Å². The van der Waals surface area contributed by atoms with Gasteiger partial charge in [0.05, 0.1) is 12.4 Å². The molecule has 0 spiro atoms. The number of benzene rings is 1. The molecule has 0 aliphatic carbocycles. The highest BCUT2D eigenvalue weighted by Crippen LogP contribution is 2.20. The number of guanidine groups is 1. The molecule has 20 N–H and O–H groups in total. The molecule has 8 atom stereocenters. The van der Waals surface area contributed by atoms with Crippen LogP contribution in [0.25, 0.3) is 10.9 Å². The number of aliphatic imine (C=N–C) groups is 1. The number of fused-ring (bicyclic) bond motifs is 1. The van der Waals surface area contributed by atoms with Crippen LogP contribution in [0.2, 0.25) is 0 Å². The number of thiol groups is 1. The van der Waals surface area contributed by atoms with E-state index in [2.05, 4.69) is 64.5 Å². The summed E-state index contributed by atoms with van der Waals surface area (Å²) >= 11 is 4.22. The van der Waals surface area contributed by atoms with Crippen LogP contribution in [-0.2, 0) is 46.4 Å². The van der Waals surface area contributed by atoms with Gasteiger partial charge >= 0.3 is 5.97 Å². The number of H-pyrrole nitrogens is 2. The van der Waals surface area contributed by atoms with Gasteiger partial charge in [0.1, 0.15) is 42.3 Å². The lowest BCUT2D eigenvalue weighted by Gasteiger charge is -2.27. The van der Waals surface area contributed by atoms with Crippen LogP contribution in [0.1, 0.15) is 69.5 Å². The third-order valence-electron chi connectivity index (χ3n) is 10.7. The molecule has 0 aliphatic heterocycles. The summed E-state index contributed by atoms with van der Waals surface area (Å²) in [5.41, 5.74) is 29.9. The lowest BCUT2D eigenvalue weighted by atomic mass is 10.0. The molecule has 0 bridgehead atoms. The largest absolute Gasteiger partial charge is 0.480 e. The molecule has 370 valence electrons. The maximum Gasteiger partial charge on any atom is 0.326 e. The Bertz CT molecular complexity index is 2100. The fraction of sp³-hybridized carbons (Fsp3) is 0.548. The van der Waals surface area contributed by atoms with Crippen molar-refractivity contribution in [3.63, 3.8) is 0 Å². The van der Waals surface area contributed by atoms with E-state index >= 15 is 0 Å². The highest BCUT2D eigenvalue weighted by molar-refractivity contribution is 7.80. The predicted molar refractivity (Wildman–Crippen MR) is 253 cm³/mol. The van der Waals surface area contributed by atoms with Crippen LogP contribution >= 0.6 is 12.6 Å². The zero-order chi connectivity index (χ0) is 49.5. The Morgan fingerprint density at radius 3 is 1.75 bits per heavy atom. The van der Waals surface area contributed by atoms with Gasteiger partial charge < -0.3 is 80.8 Å². The van der Waals surface area contributed by atoms with Crippen LogP contribution in [0.5, 0.6) is 0 Å². The van der Waals surface area contributed by atoms with E-state index in [9.17, 15) is 43.8 Å². The van der Waals surface area contributed by atoms with E-state index in [0.717, 1.165) is 10.9 Å². The summed E-state index contributed by atoms with van der Waals surface area (Å²) in [6.45, 7) is 1.99. The number of unbranched alkanes of at least 4 members (excludes halogenated alkanes) is 2. The van der Waals surface area contributed by atoms with Crippen molar-refractivity contribution in [2.24, 2.45) is 33.7 Å². The van der Waals surface area contributed by atoms with Crippen molar-refractivity contribution in [1.82, 2.24) is 46.9 Å². The molecule has 2 aromatic heterocycles. The fourth-order valence-corrected chi connectivity index (χ4v) is 7.14. The number of amides is 6. The van der Waals surface area contributed by atoms with Crippen LogP contribution in [-0.4, -0.2) is 146 Å². The molecular formula is C42H67N15O9S. The maximum atomic E-state index is 14.4. The van der Waals surface area contributed by atoms with E-state index in [1.165, 1.54) is 19.4 Å². The third kappa shape index (κ3) is 18.5. The van der Waals surface area contributed by atoms with Crippen molar-refractivity contribution in [3.8, 4) is 0 Å². The van der Waals surface area contributed by atoms with Gasteiger partial charge in [-0.15, -0.1) is 0 Å². The van der Waals surface area contributed by atoms with Gasteiger partial charge in [-0.1, -0.05) is 18.2 Å². The minimum atomic E-state index is -1.39. The number of aromatic amines is 2. The highest BCUT2D eigenvalue weighted by Gasteiger charge is 2.34. The Balaban J connectivity index is 1.95. The van der Waals surface area contributed by atoms with Crippen molar-refractivity contribution in [1.29, 1.82) is 0 Å². The van der Waals surface area contributed by atoms with E-state index in [4.69, 9.17) is 28.7 Å². The Labute approximate surface area is 393 Å². The SMILES string of the molecule is C[C@H](O)[C@@H](N)C(=O)N[C@H](CS)C(=O)N[C@H](Cc1c[nH]c2ccccc12)C(=O)N[C@H](CCCCN)C(=O)N[C@H](Cc1cnc[nH]1)C(=O)N[C@H](CCCN=C(N)N)C(=O)N[C@H](CCCCN)C(=O)O. The van der Waals surface area contributed by atoms with Crippen molar-refractivity contribution in [2.45, 2.75) is 120 Å². The fourth-order valence-electron chi connectivity index (χ4n) is 6.88. The smallest absolute Gasteiger partial charge is 0.326 e. The standard InChI is InChI=1S/C42H67N15O9S/c1-23(58)34(45)40(64)57-33(21-67)39(63)55-31(17-24-19-50-27-10-3-2-9-26(24)27)37(61)52-28(11-4-6-14-43)36(60)56-32(18-25-20-48-22-51-25)38(62)53-29(13-8-16-49-42(46)47)35(59)54-30(41(65)66)12-5-7-15-44/h2-3,9-10,19-20,22-23,28-34,50,58,67H,4-8,11-18,21,43-45H2,1H3,(H,48,51)(H,52,61)(H,53,62)(H,54,59)(H,55,63)(H,56,60)(H,57,64)(H,65,66)(H4,46,47,49)/t23-,28+,29+,30+,31+,32+,33+,34+/m0/s1. The van der Waals surface area contributed by atoms with Crippen LogP contribution in [0.4, 0.5) is 0 Å². The second kappa shape index (κ2) is 28.7. The number of carbonyl (C=O) groups is 7. The number of nitrogens with zero attached hydrogens (tertiary/aromatic N) is 2. The predicted octanol–water partition coefficient (Wildman–Crippen LogP) is -3.38. The number of imidazole rings is 1. The number of aromatic nitrogens is 3. The Kier molecular flexibility index (Phi) is 23.6. The Hall–Kier alpha value is -6.28. The zero-order valence-corrected chi connectivity index (χ0v) is 38.4. The minimum absolute atomic E-state index is 0.0271. The Morgan fingerprint density at radius 1 is 0.701 bits per heavy atom. The van der Waals surface area contributed by atoms with E-state index in [1.54, 1.807) is 12.3 Å². The van der Waals surface area contributed by atoms with E-state index in [0.29, 0.717) is 43.5 Å².